The molecule has 2 heterocycles. The Morgan fingerprint density at radius 3 is 2.58 bits per heavy atom. The van der Waals surface area contributed by atoms with Crippen molar-refractivity contribution in [2.24, 2.45) is 0 Å². The number of benzene rings is 2. The number of aromatic nitrogens is 2. The summed E-state index contributed by atoms with van der Waals surface area (Å²) in [6.45, 7) is 0.723. The van der Waals surface area contributed by atoms with Crippen LogP contribution in [0.2, 0.25) is 5.02 Å². The Kier molecular flexibility index (Phi) is 6.94. The van der Waals surface area contributed by atoms with Gasteiger partial charge in [0.25, 0.3) is 5.89 Å². The van der Waals surface area contributed by atoms with Gasteiger partial charge in [-0.3, -0.25) is 0 Å². The molecule has 0 spiro atoms. The van der Waals surface area contributed by atoms with E-state index in [1.807, 2.05) is 0 Å². The molecule has 12 heteroatoms. The third-order valence-electron chi connectivity index (χ3n) is 4.90. The first-order chi connectivity index (χ1) is 15.9. The van der Waals surface area contributed by atoms with Crippen LogP contribution in [0, 0.1) is 0 Å². The lowest BCUT2D eigenvalue weighted by Gasteiger charge is -2.26. The number of morpholine rings is 1. The van der Waals surface area contributed by atoms with Gasteiger partial charge in [-0.05, 0) is 42.5 Å². The number of sulfonamides is 1. The molecule has 0 atom stereocenters. The maximum absolute atomic E-state index is 12.9. The number of esters is 1. The summed E-state index contributed by atoms with van der Waals surface area (Å²) >= 11 is 6.13. The first-order valence-electron chi connectivity index (χ1n) is 9.90. The van der Waals surface area contributed by atoms with Gasteiger partial charge in [-0.15, -0.1) is 0 Å². The summed E-state index contributed by atoms with van der Waals surface area (Å²) < 4.78 is 47.8. The molecule has 0 aliphatic carbocycles. The molecule has 0 radical (unpaired) electrons. The van der Waals surface area contributed by atoms with E-state index in [4.69, 9.17) is 30.3 Å². The smallest absolute Gasteiger partial charge is 0.338 e. The molecule has 1 fully saturated rings. The highest BCUT2D eigenvalue weighted by Gasteiger charge is 2.29. The van der Waals surface area contributed by atoms with Crippen molar-refractivity contribution < 1.29 is 31.9 Å². The van der Waals surface area contributed by atoms with Crippen LogP contribution in [0.1, 0.15) is 16.2 Å². The van der Waals surface area contributed by atoms with E-state index in [1.54, 1.807) is 31.4 Å². The highest BCUT2D eigenvalue weighted by molar-refractivity contribution is 7.89. The fraction of sp³-hybridized carbons (Fsp3) is 0.286. The van der Waals surface area contributed by atoms with Gasteiger partial charge in [0.05, 0.1) is 30.9 Å². The first-order valence-corrected chi connectivity index (χ1v) is 11.7. The summed E-state index contributed by atoms with van der Waals surface area (Å²) in [7, 11) is -2.32. The minimum atomic E-state index is -3.88. The van der Waals surface area contributed by atoms with E-state index in [-0.39, 0.29) is 41.1 Å². The van der Waals surface area contributed by atoms with Crippen molar-refractivity contribution >= 4 is 27.6 Å². The van der Waals surface area contributed by atoms with Gasteiger partial charge >= 0.3 is 5.97 Å². The number of nitrogens with zero attached hydrogens (tertiary/aromatic N) is 3. The SMILES string of the molecule is COc1ccc(-c2noc(COC(=O)c3ccc(Cl)c(S(=O)(=O)N4CCOCC4)c3)n2)cc1. The fourth-order valence-electron chi connectivity index (χ4n) is 3.14. The lowest BCUT2D eigenvalue weighted by Crippen LogP contribution is -2.40. The second kappa shape index (κ2) is 9.87. The van der Waals surface area contributed by atoms with Gasteiger partial charge in [0, 0.05) is 18.7 Å². The Morgan fingerprint density at radius 2 is 1.88 bits per heavy atom. The monoisotopic (exact) mass is 493 g/mol. The third kappa shape index (κ3) is 5.17. The summed E-state index contributed by atoms with van der Waals surface area (Å²) in [5.74, 6) is 0.349. The number of ether oxygens (including phenoxy) is 3. The van der Waals surface area contributed by atoms with Gasteiger partial charge in [0.15, 0.2) is 6.61 Å². The molecule has 0 amide bonds. The number of methoxy groups -OCH3 is 1. The van der Waals surface area contributed by atoms with Crippen LogP contribution < -0.4 is 4.74 Å². The molecule has 0 saturated carbocycles. The molecule has 10 nitrogen and oxygen atoms in total. The number of carbonyl (C=O) groups is 1. The highest BCUT2D eigenvalue weighted by atomic mass is 35.5. The highest BCUT2D eigenvalue weighted by Crippen LogP contribution is 2.27. The molecule has 2 aromatic carbocycles. The normalized spacial score (nSPS) is 14.7. The number of halogens is 1. The zero-order valence-corrected chi connectivity index (χ0v) is 19.1. The molecule has 1 aromatic heterocycles. The van der Waals surface area contributed by atoms with Crippen molar-refractivity contribution in [1.29, 1.82) is 0 Å². The van der Waals surface area contributed by atoms with Crippen LogP contribution in [-0.4, -0.2) is 62.2 Å². The van der Waals surface area contributed by atoms with E-state index in [0.717, 1.165) is 0 Å². The second-order valence-electron chi connectivity index (χ2n) is 6.98. The van der Waals surface area contributed by atoms with Crippen molar-refractivity contribution in [2.75, 3.05) is 33.4 Å². The first kappa shape index (κ1) is 23.2. The van der Waals surface area contributed by atoms with E-state index in [1.165, 1.54) is 22.5 Å². The summed E-state index contributed by atoms with van der Waals surface area (Å²) in [6.07, 6.45) is 0. The summed E-state index contributed by atoms with van der Waals surface area (Å²) in [5.41, 5.74) is 0.730. The van der Waals surface area contributed by atoms with Crippen molar-refractivity contribution in [3.05, 3.63) is 58.9 Å². The van der Waals surface area contributed by atoms with E-state index in [0.29, 0.717) is 30.4 Å². The van der Waals surface area contributed by atoms with Gasteiger partial charge in [-0.1, -0.05) is 16.8 Å². The van der Waals surface area contributed by atoms with Crippen LogP contribution in [0.15, 0.2) is 51.9 Å². The quantitative estimate of drug-likeness (QED) is 0.457. The van der Waals surface area contributed by atoms with Crippen LogP contribution in [0.3, 0.4) is 0 Å². The molecular formula is C21H20ClN3O7S. The number of carbonyl (C=O) groups excluding carboxylic acids is 1. The van der Waals surface area contributed by atoms with Crippen molar-refractivity contribution in [1.82, 2.24) is 14.4 Å². The summed E-state index contributed by atoms with van der Waals surface area (Å²) in [5, 5.41) is 3.88. The van der Waals surface area contributed by atoms with Crippen LogP contribution in [0.5, 0.6) is 5.75 Å². The van der Waals surface area contributed by atoms with E-state index < -0.39 is 16.0 Å². The Bertz CT molecular complexity index is 1240. The van der Waals surface area contributed by atoms with Crippen LogP contribution in [-0.2, 0) is 26.1 Å². The molecule has 1 aliphatic heterocycles. The Hall–Kier alpha value is -2.99. The predicted octanol–water partition coefficient (Wildman–Crippen LogP) is 2.78. The Balaban J connectivity index is 1.45. The maximum Gasteiger partial charge on any atom is 0.338 e. The Labute approximate surface area is 195 Å². The molecule has 3 aromatic rings. The van der Waals surface area contributed by atoms with Crippen LogP contribution >= 0.6 is 11.6 Å². The second-order valence-corrected chi connectivity index (χ2v) is 9.29. The van der Waals surface area contributed by atoms with Crippen molar-refractivity contribution in [2.45, 2.75) is 11.5 Å². The molecule has 0 bridgehead atoms. The summed E-state index contributed by atoms with van der Waals surface area (Å²) in [4.78, 5) is 16.6. The van der Waals surface area contributed by atoms with E-state index in [2.05, 4.69) is 10.1 Å². The molecule has 33 heavy (non-hydrogen) atoms. The molecule has 0 N–H and O–H groups in total. The van der Waals surface area contributed by atoms with Crippen LogP contribution in [0.25, 0.3) is 11.4 Å². The molecule has 4 rings (SSSR count). The summed E-state index contributed by atoms with van der Waals surface area (Å²) in [6, 6.07) is 11.0. The average Bonchev–Trinajstić information content (AvgIpc) is 3.32. The zero-order chi connectivity index (χ0) is 23.4. The van der Waals surface area contributed by atoms with E-state index in [9.17, 15) is 13.2 Å². The largest absolute Gasteiger partial charge is 0.497 e. The van der Waals surface area contributed by atoms with Gasteiger partial charge in [0.1, 0.15) is 10.6 Å². The lowest BCUT2D eigenvalue weighted by atomic mass is 10.2. The number of hydrogen-bond acceptors (Lipinski definition) is 9. The van der Waals surface area contributed by atoms with Crippen molar-refractivity contribution in [3.63, 3.8) is 0 Å². The van der Waals surface area contributed by atoms with E-state index >= 15 is 0 Å². The fourth-order valence-corrected chi connectivity index (χ4v) is 5.04. The predicted molar refractivity (Wildman–Crippen MR) is 116 cm³/mol. The lowest BCUT2D eigenvalue weighted by molar-refractivity contribution is 0.0429. The topological polar surface area (TPSA) is 121 Å². The minimum absolute atomic E-state index is 0.0130. The minimum Gasteiger partial charge on any atom is -0.497 e. The number of hydrogen-bond donors (Lipinski definition) is 0. The van der Waals surface area contributed by atoms with Gasteiger partial charge in [0.2, 0.25) is 15.8 Å². The average molecular weight is 494 g/mol. The van der Waals surface area contributed by atoms with Gasteiger partial charge in [-0.2, -0.15) is 9.29 Å². The Morgan fingerprint density at radius 1 is 1.15 bits per heavy atom. The molecule has 174 valence electrons. The van der Waals surface area contributed by atoms with Gasteiger partial charge in [-0.25, -0.2) is 13.2 Å². The molecular weight excluding hydrogens is 474 g/mol. The van der Waals surface area contributed by atoms with Gasteiger partial charge < -0.3 is 18.7 Å². The van der Waals surface area contributed by atoms with Crippen molar-refractivity contribution in [3.8, 4) is 17.1 Å². The standard InChI is InChI=1S/C21H20ClN3O7S/c1-29-16-5-2-14(3-6-16)20-23-19(32-24-20)13-31-21(26)15-4-7-17(22)18(12-15)33(27,28)25-8-10-30-11-9-25/h2-7,12H,8-11,13H2,1H3. The molecule has 1 aliphatic rings. The van der Waals surface area contributed by atoms with Crippen LogP contribution in [0.4, 0.5) is 0 Å². The molecule has 1 saturated heterocycles. The molecule has 0 unspecified atom stereocenters. The zero-order valence-electron chi connectivity index (χ0n) is 17.6. The number of rotatable bonds is 7. The maximum atomic E-state index is 12.9. The third-order valence-corrected chi connectivity index (χ3v) is 7.28.